The summed E-state index contributed by atoms with van der Waals surface area (Å²) >= 11 is 7.54. The first-order valence-electron chi connectivity index (χ1n) is 7.54. The molecule has 126 valence electrons. The van der Waals surface area contributed by atoms with Crippen LogP contribution in [0.25, 0.3) is 6.08 Å². The van der Waals surface area contributed by atoms with Crippen LogP contribution in [0.3, 0.4) is 0 Å². The summed E-state index contributed by atoms with van der Waals surface area (Å²) in [5, 5.41) is 3.80. The van der Waals surface area contributed by atoms with E-state index in [1.54, 1.807) is 18.2 Å². The Bertz CT molecular complexity index is 923. The number of rotatable bonds is 2. The van der Waals surface area contributed by atoms with Crippen molar-refractivity contribution in [3.8, 4) is 11.5 Å². The van der Waals surface area contributed by atoms with Crippen molar-refractivity contribution in [3.63, 3.8) is 0 Å². The lowest BCUT2D eigenvalue weighted by atomic mass is 10.2. The largest absolute Gasteiger partial charge is 0.454 e. The average Bonchev–Trinajstić information content (AvgIpc) is 3.16. The van der Waals surface area contributed by atoms with Crippen molar-refractivity contribution in [2.24, 2.45) is 4.99 Å². The number of fused-ring (bicyclic) bond motifs is 1. The van der Waals surface area contributed by atoms with Crippen LogP contribution in [0.1, 0.15) is 11.1 Å². The first-order chi connectivity index (χ1) is 12.1. The van der Waals surface area contributed by atoms with Crippen molar-refractivity contribution in [1.82, 2.24) is 5.32 Å². The minimum atomic E-state index is -0.204. The van der Waals surface area contributed by atoms with Gasteiger partial charge in [-0.3, -0.25) is 4.79 Å². The normalized spacial score (nSPS) is 18.9. The smallest absolute Gasteiger partial charge is 0.264 e. The van der Waals surface area contributed by atoms with Gasteiger partial charge in [-0.05, 0) is 48.5 Å². The fourth-order valence-electron chi connectivity index (χ4n) is 2.40. The highest BCUT2D eigenvalue weighted by molar-refractivity contribution is 8.18. The fraction of sp³-hybridized carbons (Fsp3) is 0.111. The molecule has 2 heterocycles. The number of benzene rings is 2. The van der Waals surface area contributed by atoms with Gasteiger partial charge in [0.1, 0.15) is 0 Å². The molecule has 2 aliphatic rings. The third-order valence-electron chi connectivity index (χ3n) is 3.69. The molecule has 1 amide bonds. The quantitative estimate of drug-likeness (QED) is 0.800. The summed E-state index contributed by atoms with van der Waals surface area (Å²) in [5.74, 6) is 1.02. The third kappa shape index (κ3) is 3.36. The molecule has 0 unspecified atom stereocenters. The average molecular weight is 373 g/mol. The molecule has 5 nitrogen and oxygen atoms in total. The number of nitrogens with one attached hydrogen (secondary N) is 1. The van der Waals surface area contributed by atoms with E-state index in [0.717, 1.165) is 11.3 Å². The molecule has 2 aromatic rings. The van der Waals surface area contributed by atoms with E-state index in [1.165, 1.54) is 11.8 Å². The Balaban J connectivity index is 1.60. The highest BCUT2D eigenvalue weighted by atomic mass is 35.5. The van der Waals surface area contributed by atoms with E-state index in [1.807, 2.05) is 31.2 Å². The van der Waals surface area contributed by atoms with Gasteiger partial charge in [-0.25, -0.2) is 4.99 Å². The number of nitrogens with zero attached hydrogens (tertiary/aromatic N) is 1. The van der Waals surface area contributed by atoms with Crippen molar-refractivity contribution in [1.29, 1.82) is 0 Å². The van der Waals surface area contributed by atoms with E-state index in [0.29, 0.717) is 32.2 Å². The Morgan fingerprint density at radius 3 is 2.68 bits per heavy atom. The molecule has 0 aliphatic carbocycles. The molecule has 0 radical (unpaired) electrons. The summed E-state index contributed by atoms with van der Waals surface area (Å²) in [4.78, 5) is 17.2. The summed E-state index contributed by atoms with van der Waals surface area (Å²) in [5.41, 5.74) is 2.64. The molecule has 0 spiro atoms. The molecule has 1 N–H and O–H groups in total. The van der Waals surface area contributed by atoms with Gasteiger partial charge in [0.2, 0.25) is 6.79 Å². The van der Waals surface area contributed by atoms with Crippen LogP contribution in [-0.4, -0.2) is 17.9 Å². The molecule has 1 fully saturated rings. The van der Waals surface area contributed by atoms with E-state index < -0.39 is 0 Å². The van der Waals surface area contributed by atoms with E-state index in [4.69, 9.17) is 21.1 Å². The van der Waals surface area contributed by atoms with Crippen LogP contribution < -0.4 is 14.8 Å². The molecule has 0 saturated carbocycles. The maximum Gasteiger partial charge on any atom is 0.264 e. The van der Waals surface area contributed by atoms with Gasteiger partial charge in [0.15, 0.2) is 16.7 Å². The summed E-state index contributed by atoms with van der Waals surface area (Å²) in [7, 11) is 0. The number of ether oxygens (including phenoxy) is 2. The number of amides is 1. The van der Waals surface area contributed by atoms with E-state index in [9.17, 15) is 4.79 Å². The number of thioether (sulfide) groups is 1. The number of hydrogen-bond acceptors (Lipinski definition) is 5. The predicted octanol–water partition coefficient (Wildman–Crippen LogP) is 4.27. The molecule has 0 aromatic heterocycles. The molecule has 0 bridgehead atoms. The van der Waals surface area contributed by atoms with Gasteiger partial charge < -0.3 is 14.8 Å². The predicted molar refractivity (Wildman–Crippen MR) is 99.6 cm³/mol. The minimum absolute atomic E-state index is 0.175. The Labute approximate surface area is 153 Å². The monoisotopic (exact) mass is 372 g/mol. The zero-order valence-corrected chi connectivity index (χ0v) is 14.8. The number of aliphatic imine (C=N–C) groups is 1. The number of amidine groups is 1. The van der Waals surface area contributed by atoms with Gasteiger partial charge >= 0.3 is 0 Å². The van der Waals surface area contributed by atoms with Gasteiger partial charge in [-0.1, -0.05) is 29.3 Å². The second-order valence-electron chi connectivity index (χ2n) is 5.54. The van der Waals surface area contributed by atoms with Crippen molar-refractivity contribution >= 4 is 46.2 Å². The van der Waals surface area contributed by atoms with Gasteiger partial charge in [0, 0.05) is 6.07 Å². The standard InChI is InChI=1S/C18H13ClN2O3S/c1-10-2-4-12(5-3-10)20-18-21-17(22)16(25-18)7-11-6-14-15(8-13(11)19)24-9-23-14/h2-8H,9H2,1H3,(H,20,21,22)/b16-7-. The molecule has 4 rings (SSSR count). The summed E-state index contributed by atoms with van der Waals surface area (Å²) in [6.45, 7) is 2.19. The van der Waals surface area contributed by atoms with Crippen LogP contribution in [0.4, 0.5) is 5.69 Å². The second kappa shape index (κ2) is 6.46. The number of hydrogen-bond donors (Lipinski definition) is 1. The summed E-state index contributed by atoms with van der Waals surface area (Å²) < 4.78 is 10.6. The zero-order valence-electron chi connectivity index (χ0n) is 13.2. The highest BCUT2D eigenvalue weighted by Crippen LogP contribution is 2.38. The fourth-order valence-corrected chi connectivity index (χ4v) is 3.44. The Kier molecular flexibility index (Phi) is 4.15. The van der Waals surface area contributed by atoms with E-state index in [-0.39, 0.29) is 12.7 Å². The number of carbonyl (C=O) groups is 1. The molecule has 0 atom stereocenters. The van der Waals surface area contributed by atoms with E-state index in [2.05, 4.69) is 10.3 Å². The molecule has 1 saturated heterocycles. The topological polar surface area (TPSA) is 59.9 Å². The SMILES string of the molecule is Cc1ccc(N=C2NC(=O)/C(=C/c3cc4c(cc3Cl)OCO4)S2)cc1. The Morgan fingerprint density at radius 1 is 1.20 bits per heavy atom. The van der Waals surface area contributed by atoms with Crippen LogP contribution in [0.5, 0.6) is 11.5 Å². The van der Waals surface area contributed by atoms with Gasteiger partial charge in [0.05, 0.1) is 15.6 Å². The molecular weight excluding hydrogens is 360 g/mol. The maximum absolute atomic E-state index is 12.2. The van der Waals surface area contributed by atoms with Crippen LogP contribution >= 0.6 is 23.4 Å². The van der Waals surface area contributed by atoms with Gasteiger partial charge in [-0.2, -0.15) is 0 Å². The molecule has 7 heteroatoms. The lowest BCUT2D eigenvalue weighted by Crippen LogP contribution is -2.19. The van der Waals surface area contributed by atoms with Crippen molar-refractivity contribution in [3.05, 3.63) is 57.5 Å². The van der Waals surface area contributed by atoms with E-state index >= 15 is 0 Å². The molecular formula is C18H13ClN2O3S. The lowest BCUT2D eigenvalue weighted by Gasteiger charge is -2.02. The van der Waals surface area contributed by atoms with Gasteiger partial charge in [0.25, 0.3) is 5.91 Å². The Morgan fingerprint density at radius 2 is 1.92 bits per heavy atom. The second-order valence-corrected chi connectivity index (χ2v) is 6.98. The summed E-state index contributed by atoms with van der Waals surface area (Å²) in [6.07, 6.45) is 1.72. The first-order valence-corrected chi connectivity index (χ1v) is 8.73. The highest BCUT2D eigenvalue weighted by Gasteiger charge is 2.25. The molecule has 2 aromatic carbocycles. The van der Waals surface area contributed by atoms with Crippen molar-refractivity contribution in [2.45, 2.75) is 6.92 Å². The Hall–Kier alpha value is -2.44. The van der Waals surface area contributed by atoms with Crippen LogP contribution in [0, 0.1) is 6.92 Å². The minimum Gasteiger partial charge on any atom is -0.454 e. The third-order valence-corrected chi connectivity index (χ3v) is 4.93. The summed E-state index contributed by atoms with van der Waals surface area (Å²) in [6, 6.07) is 11.2. The van der Waals surface area contributed by atoms with Gasteiger partial charge in [-0.15, -0.1) is 0 Å². The van der Waals surface area contributed by atoms with Crippen LogP contribution in [0.15, 0.2) is 46.3 Å². The maximum atomic E-state index is 12.2. The number of halogens is 1. The molecule has 25 heavy (non-hydrogen) atoms. The first kappa shape index (κ1) is 16.1. The molecule has 2 aliphatic heterocycles. The van der Waals surface area contributed by atoms with Crippen LogP contribution in [0.2, 0.25) is 5.02 Å². The van der Waals surface area contributed by atoms with Crippen LogP contribution in [-0.2, 0) is 4.79 Å². The number of aryl methyl sites for hydroxylation is 1. The lowest BCUT2D eigenvalue weighted by molar-refractivity contribution is -0.115. The van der Waals surface area contributed by atoms with Crippen molar-refractivity contribution in [2.75, 3.05) is 6.79 Å². The number of carbonyl (C=O) groups excluding carboxylic acids is 1. The zero-order chi connectivity index (χ0) is 17.4. The van der Waals surface area contributed by atoms with Crippen molar-refractivity contribution < 1.29 is 14.3 Å².